The summed E-state index contributed by atoms with van der Waals surface area (Å²) in [6.45, 7) is 5.00. The van der Waals surface area contributed by atoms with Crippen molar-refractivity contribution >= 4 is 15.9 Å². The number of rotatable bonds is 7. The zero-order chi connectivity index (χ0) is 14.7. The molecule has 1 saturated carbocycles. The van der Waals surface area contributed by atoms with Crippen LogP contribution in [0.3, 0.4) is 0 Å². The summed E-state index contributed by atoms with van der Waals surface area (Å²) in [5.74, 6) is 0. The summed E-state index contributed by atoms with van der Waals surface area (Å²) in [4.78, 5) is 2.44. The van der Waals surface area contributed by atoms with Crippen molar-refractivity contribution in [1.29, 1.82) is 0 Å². The van der Waals surface area contributed by atoms with Crippen molar-refractivity contribution in [2.45, 2.75) is 31.8 Å². The third-order valence-corrected chi connectivity index (χ3v) is 4.97. The number of benzene rings is 1. The van der Waals surface area contributed by atoms with Gasteiger partial charge in [0.15, 0.2) is 0 Å². The molecule has 0 aromatic heterocycles. The molecule has 1 aliphatic heterocycles. The Hall–Kier alpha value is -0.420. The van der Waals surface area contributed by atoms with Gasteiger partial charge in [0, 0.05) is 42.2 Å². The van der Waals surface area contributed by atoms with Gasteiger partial charge in [-0.2, -0.15) is 0 Å². The zero-order valence-electron chi connectivity index (χ0n) is 12.8. The highest BCUT2D eigenvalue weighted by atomic mass is 79.9. The third-order valence-electron chi connectivity index (χ3n) is 4.47. The van der Waals surface area contributed by atoms with Gasteiger partial charge in [0.25, 0.3) is 0 Å². The Labute approximate surface area is 136 Å². The third kappa shape index (κ3) is 4.52. The zero-order valence-corrected chi connectivity index (χ0v) is 14.4. The number of hydrogen-bond donors (Lipinski definition) is 1. The van der Waals surface area contributed by atoms with Crippen molar-refractivity contribution in [2.75, 3.05) is 33.4 Å². The fraction of sp³-hybridized carbons (Fsp3) is 0.647. The van der Waals surface area contributed by atoms with E-state index < -0.39 is 0 Å². The molecule has 4 heteroatoms. The first-order chi connectivity index (χ1) is 10.2. The van der Waals surface area contributed by atoms with Crippen LogP contribution >= 0.6 is 15.9 Å². The SMILES string of the molecule is CN(Cc1cccc(Br)c1)CC1(CNC2CC2)CCOC1. The van der Waals surface area contributed by atoms with E-state index in [1.807, 2.05) is 0 Å². The molecule has 1 unspecified atom stereocenters. The van der Waals surface area contributed by atoms with Crippen LogP contribution < -0.4 is 5.32 Å². The average molecular weight is 353 g/mol. The Kier molecular flexibility index (Phi) is 4.99. The summed E-state index contributed by atoms with van der Waals surface area (Å²) in [5, 5.41) is 3.70. The first-order valence-corrected chi connectivity index (χ1v) is 8.69. The molecule has 1 atom stereocenters. The van der Waals surface area contributed by atoms with E-state index >= 15 is 0 Å². The van der Waals surface area contributed by atoms with Crippen LogP contribution in [0, 0.1) is 5.41 Å². The summed E-state index contributed by atoms with van der Waals surface area (Å²) in [6.07, 6.45) is 3.88. The number of nitrogens with zero attached hydrogens (tertiary/aromatic N) is 1. The molecular weight excluding hydrogens is 328 g/mol. The second-order valence-corrected chi connectivity index (χ2v) is 7.68. The van der Waals surface area contributed by atoms with Crippen LogP contribution in [0.1, 0.15) is 24.8 Å². The normalized spacial score (nSPS) is 25.7. The highest BCUT2D eigenvalue weighted by Gasteiger charge is 2.37. The molecule has 2 fully saturated rings. The lowest BCUT2D eigenvalue weighted by molar-refractivity contribution is 0.116. The van der Waals surface area contributed by atoms with E-state index in [0.717, 1.165) is 43.4 Å². The van der Waals surface area contributed by atoms with E-state index in [1.54, 1.807) is 0 Å². The quantitative estimate of drug-likeness (QED) is 0.816. The molecule has 0 bridgehead atoms. The van der Waals surface area contributed by atoms with Gasteiger partial charge in [-0.1, -0.05) is 28.1 Å². The Bertz CT molecular complexity index is 470. The first-order valence-electron chi connectivity index (χ1n) is 7.89. The number of hydrogen-bond acceptors (Lipinski definition) is 3. The Morgan fingerprint density at radius 3 is 2.95 bits per heavy atom. The van der Waals surface area contributed by atoms with Gasteiger partial charge in [0.1, 0.15) is 0 Å². The van der Waals surface area contributed by atoms with Crippen molar-refractivity contribution in [3.8, 4) is 0 Å². The van der Waals surface area contributed by atoms with Gasteiger partial charge in [-0.3, -0.25) is 0 Å². The van der Waals surface area contributed by atoms with E-state index in [2.05, 4.69) is 57.5 Å². The second kappa shape index (κ2) is 6.78. The molecule has 1 saturated heterocycles. The standard InChI is InChI=1S/C17H25BrN2O/c1-20(10-14-3-2-4-15(18)9-14)12-17(7-8-21-13-17)11-19-16-5-6-16/h2-4,9,16,19H,5-8,10-13H2,1H3. The number of nitrogens with one attached hydrogen (secondary N) is 1. The summed E-state index contributed by atoms with van der Waals surface area (Å²) >= 11 is 3.55. The summed E-state index contributed by atoms with van der Waals surface area (Å²) in [6, 6.07) is 9.36. The first kappa shape index (κ1) is 15.5. The molecule has 0 amide bonds. The monoisotopic (exact) mass is 352 g/mol. The van der Waals surface area contributed by atoms with Crippen LogP contribution in [0.5, 0.6) is 0 Å². The van der Waals surface area contributed by atoms with E-state index in [0.29, 0.717) is 5.41 Å². The maximum atomic E-state index is 5.71. The minimum absolute atomic E-state index is 0.295. The molecule has 1 aromatic rings. The highest BCUT2D eigenvalue weighted by molar-refractivity contribution is 9.10. The molecule has 21 heavy (non-hydrogen) atoms. The summed E-state index contributed by atoms with van der Waals surface area (Å²) in [5.41, 5.74) is 1.65. The molecule has 2 aliphatic rings. The van der Waals surface area contributed by atoms with Crippen molar-refractivity contribution in [1.82, 2.24) is 10.2 Å². The minimum Gasteiger partial charge on any atom is -0.381 e. The fourth-order valence-corrected chi connectivity index (χ4v) is 3.64. The summed E-state index contributed by atoms with van der Waals surface area (Å²) < 4.78 is 6.86. The van der Waals surface area contributed by atoms with Crippen LogP contribution in [0.4, 0.5) is 0 Å². The molecule has 0 radical (unpaired) electrons. The molecule has 3 rings (SSSR count). The molecular formula is C17H25BrN2O. The average Bonchev–Trinajstić information content (AvgIpc) is 3.17. The van der Waals surface area contributed by atoms with E-state index in [9.17, 15) is 0 Å². The van der Waals surface area contributed by atoms with E-state index in [-0.39, 0.29) is 0 Å². The lowest BCUT2D eigenvalue weighted by Crippen LogP contribution is -2.44. The lowest BCUT2D eigenvalue weighted by Gasteiger charge is -2.32. The van der Waals surface area contributed by atoms with Gasteiger partial charge >= 0.3 is 0 Å². The molecule has 3 nitrogen and oxygen atoms in total. The minimum atomic E-state index is 0.295. The lowest BCUT2D eigenvalue weighted by atomic mass is 9.86. The topological polar surface area (TPSA) is 24.5 Å². The van der Waals surface area contributed by atoms with Gasteiger partial charge < -0.3 is 15.0 Å². The number of ether oxygens (including phenoxy) is 1. The second-order valence-electron chi connectivity index (χ2n) is 6.76. The Morgan fingerprint density at radius 2 is 2.29 bits per heavy atom. The predicted octanol–water partition coefficient (Wildman–Crippen LogP) is 3.04. The molecule has 1 N–H and O–H groups in total. The predicted molar refractivity (Wildman–Crippen MR) is 89.4 cm³/mol. The van der Waals surface area contributed by atoms with Crippen LogP contribution in [-0.2, 0) is 11.3 Å². The Morgan fingerprint density at radius 1 is 1.43 bits per heavy atom. The highest BCUT2D eigenvalue weighted by Crippen LogP contribution is 2.31. The van der Waals surface area contributed by atoms with Crippen LogP contribution in [0.15, 0.2) is 28.7 Å². The van der Waals surface area contributed by atoms with Gasteiger partial charge in [0.2, 0.25) is 0 Å². The number of halogens is 1. The maximum absolute atomic E-state index is 5.71. The smallest absolute Gasteiger partial charge is 0.0547 e. The van der Waals surface area contributed by atoms with Crippen molar-refractivity contribution in [2.24, 2.45) is 5.41 Å². The largest absolute Gasteiger partial charge is 0.381 e. The van der Waals surface area contributed by atoms with Crippen molar-refractivity contribution in [3.05, 3.63) is 34.3 Å². The van der Waals surface area contributed by atoms with Crippen LogP contribution in [0.2, 0.25) is 0 Å². The van der Waals surface area contributed by atoms with E-state index in [1.165, 1.54) is 24.8 Å². The van der Waals surface area contributed by atoms with Gasteiger partial charge in [-0.05, 0) is 44.0 Å². The van der Waals surface area contributed by atoms with Crippen molar-refractivity contribution in [3.63, 3.8) is 0 Å². The van der Waals surface area contributed by atoms with E-state index in [4.69, 9.17) is 4.74 Å². The van der Waals surface area contributed by atoms with Gasteiger partial charge in [-0.15, -0.1) is 0 Å². The molecule has 1 heterocycles. The molecule has 0 spiro atoms. The van der Waals surface area contributed by atoms with Gasteiger partial charge in [0.05, 0.1) is 6.61 Å². The maximum Gasteiger partial charge on any atom is 0.0547 e. The fourth-order valence-electron chi connectivity index (χ4n) is 3.19. The van der Waals surface area contributed by atoms with Crippen LogP contribution in [-0.4, -0.2) is 44.3 Å². The Balaban J connectivity index is 1.56. The molecule has 1 aromatic carbocycles. The van der Waals surface area contributed by atoms with Crippen molar-refractivity contribution < 1.29 is 4.74 Å². The molecule has 1 aliphatic carbocycles. The van der Waals surface area contributed by atoms with Gasteiger partial charge in [-0.25, -0.2) is 0 Å². The van der Waals surface area contributed by atoms with Crippen LogP contribution in [0.25, 0.3) is 0 Å². The summed E-state index contributed by atoms with van der Waals surface area (Å²) in [7, 11) is 2.22. The molecule has 116 valence electrons.